The maximum absolute atomic E-state index is 12.0. The highest BCUT2D eigenvalue weighted by atomic mass is 35.5. The Morgan fingerprint density at radius 3 is 2.58 bits per heavy atom. The molecule has 0 spiro atoms. The van der Waals surface area contributed by atoms with E-state index in [2.05, 4.69) is 10.5 Å². The van der Waals surface area contributed by atoms with Gasteiger partial charge in [0.2, 0.25) is 5.88 Å². The van der Waals surface area contributed by atoms with Crippen LogP contribution in [-0.4, -0.2) is 11.1 Å². The molecule has 0 saturated carbocycles. The van der Waals surface area contributed by atoms with E-state index in [9.17, 15) is 4.79 Å². The number of aromatic nitrogens is 1. The average molecular weight is 279 g/mol. The fraction of sp³-hybridized carbons (Fsp3) is 0.286. The minimum Gasteiger partial charge on any atom is -0.338 e. The first-order valence-corrected chi connectivity index (χ1v) is 6.56. The number of carbonyl (C=O) groups excluding carboxylic acids is 1. The summed E-state index contributed by atoms with van der Waals surface area (Å²) in [5.74, 6) is 0.821. The van der Waals surface area contributed by atoms with Gasteiger partial charge < -0.3 is 4.52 Å². The number of hydrogen-bond donors (Lipinski definition) is 1. The minimum absolute atomic E-state index is 0.229. The minimum atomic E-state index is -0.229. The maximum atomic E-state index is 12.0. The lowest BCUT2D eigenvalue weighted by atomic mass is 10.1. The summed E-state index contributed by atoms with van der Waals surface area (Å²) >= 11 is 5.70. The third-order valence-corrected chi connectivity index (χ3v) is 3.04. The van der Waals surface area contributed by atoms with Gasteiger partial charge in [0.1, 0.15) is 0 Å². The van der Waals surface area contributed by atoms with Crippen molar-refractivity contribution in [3.05, 3.63) is 47.2 Å². The van der Waals surface area contributed by atoms with E-state index in [0.29, 0.717) is 17.3 Å². The van der Waals surface area contributed by atoms with E-state index >= 15 is 0 Å². The number of alkyl halides is 1. The van der Waals surface area contributed by atoms with Crippen molar-refractivity contribution in [3.8, 4) is 0 Å². The second-order valence-corrected chi connectivity index (χ2v) is 4.82. The van der Waals surface area contributed by atoms with Crippen molar-refractivity contribution in [2.45, 2.75) is 25.6 Å². The van der Waals surface area contributed by atoms with Gasteiger partial charge in [-0.2, -0.15) is 0 Å². The first-order valence-electron chi connectivity index (χ1n) is 6.03. The number of nitrogens with one attached hydrogen (secondary N) is 1. The summed E-state index contributed by atoms with van der Waals surface area (Å²) in [5, 5.41) is 6.55. The zero-order valence-corrected chi connectivity index (χ0v) is 11.6. The summed E-state index contributed by atoms with van der Waals surface area (Å²) in [6.45, 7) is 4.02. The lowest BCUT2D eigenvalue weighted by molar-refractivity contribution is 0.102. The van der Waals surface area contributed by atoms with Crippen LogP contribution >= 0.6 is 11.6 Å². The van der Waals surface area contributed by atoms with Gasteiger partial charge in [0.15, 0.2) is 0 Å². The summed E-state index contributed by atoms with van der Waals surface area (Å²) in [4.78, 5) is 12.0. The second-order valence-electron chi connectivity index (χ2n) is 4.56. The molecule has 2 aromatic rings. The first-order chi connectivity index (χ1) is 9.10. The van der Waals surface area contributed by atoms with Crippen LogP contribution < -0.4 is 5.32 Å². The molecule has 1 heterocycles. The quantitative estimate of drug-likeness (QED) is 0.866. The van der Waals surface area contributed by atoms with Gasteiger partial charge in [0.05, 0.1) is 5.69 Å². The van der Waals surface area contributed by atoms with Gasteiger partial charge in [0.25, 0.3) is 5.91 Å². The molecule has 0 saturated heterocycles. The molecule has 2 rings (SSSR count). The monoisotopic (exact) mass is 278 g/mol. The van der Waals surface area contributed by atoms with E-state index in [0.717, 1.165) is 11.3 Å². The zero-order chi connectivity index (χ0) is 13.8. The van der Waals surface area contributed by atoms with Crippen LogP contribution in [0.3, 0.4) is 0 Å². The largest absolute Gasteiger partial charge is 0.338 e. The predicted molar refractivity (Wildman–Crippen MR) is 74.5 cm³/mol. The van der Waals surface area contributed by atoms with E-state index < -0.39 is 0 Å². The smallest absolute Gasteiger partial charge is 0.258 e. The van der Waals surface area contributed by atoms with Gasteiger partial charge >= 0.3 is 0 Å². The van der Waals surface area contributed by atoms with Gasteiger partial charge in [-0.25, -0.2) is 0 Å². The summed E-state index contributed by atoms with van der Waals surface area (Å²) in [6.07, 6.45) is 0. The Bertz CT molecular complexity index is 561. The van der Waals surface area contributed by atoms with Crippen LogP contribution in [0.1, 0.15) is 41.4 Å². The summed E-state index contributed by atoms with van der Waals surface area (Å²) in [7, 11) is 0. The second kappa shape index (κ2) is 5.89. The fourth-order valence-corrected chi connectivity index (χ4v) is 1.73. The van der Waals surface area contributed by atoms with Crippen molar-refractivity contribution in [2.24, 2.45) is 0 Å². The van der Waals surface area contributed by atoms with Crippen LogP contribution in [0.15, 0.2) is 34.9 Å². The summed E-state index contributed by atoms with van der Waals surface area (Å²) in [6, 6.07) is 8.83. The predicted octanol–water partition coefficient (Wildman–Crippen LogP) is 3.79. The molecule has 0 aliphatic heterocycles. The third-order valence-electron chi connectivity index (χ3n) is 2.73. The van der Waals surface area contributed by atoms with E-state index in [1.54, 1.807) is 18.2 Å². The van der Waals surface area contributed by atoms with Gasteiger partial charge in [-0.1, -0.05) is 31.1 Å². The highest BCUT2D eigenvalue weighted by Gasteiger charge is 2.11. The number of rotatable bonds is 4. The normalized spacial score (nSPS) is 10.7. The molecular weight excluding hydrogens is 264 g/mol. The number of hydrogen-bond acceptors (Lipinski definition) is 3. The molecule has 0 aliphatic rings. The van der Waals surface area contributed by atoms with Crippen molar-refractivity contribution in [2.75, 3.05) is 5.32 Å². The first kappa shape index (κ1) is 13.6. The molecule has 100 valence electrons. The van der Waals surface area contributed by atoms with Crippen LogP contribution in [0.25, 0.3) is 0 Å². The number of carbonyl (C=O) groups is 1. The van der Waals surface area contributed by atoms with Crippen molar-refractivity contribution in [1.82, 2.24) is 5.16 Å². The van der Waals surface area contributed by atoms with Gasteiger partial charge in [0, 0.05) is 17.5 Å². The zero-order valence-electron chi connectivity index (χ0n) is 10.8. The van der Waals surface area contributed by atoms with Crippen LogP contribution in [0.5, 0.6) is 0 Å². The number of benzene rings is 1. The van der Waals surface area contributed by atoms with Crippen molar-refractivity contribution >= 4 is 23.4 Å². The molecule has 1 aromatic carbocycles. The van der Waals surface area contributed by atoms with E-state index in [4.69, 9.17) is 16.1 Å². The lowest BCUT2D eigenvalue weighted by Crippen LogP contribution is -2.11. The Hall–Kier alpha value is -1.81. The molecular formula is C14H15ClN2O2. The van der Waals surface area contributed by atoms with Crippen LogP contribution in [0.2, 0.25) is 0 Å². The van der Waals surface area contributed by atoms with Gasteiger partial charge in [-0.05, 0) is 23.6 Å². The van der Waals surface area contributed by atoms with E-state index in [1.165, 1.54) is 0 Å². The number of halogens is 1. The Morgan fingerprint density at radius 2 is 2.05 bits per heavy atom. The molecule has 1 aromatic heterocycles. The summed E-state index contributed by atoms with van der Waals surface area (Å²) in [5.41, 5.74) is 2.34. The van der Waals surface area contributed by atoms with Gasteiger partial charge in [-0.15, -0.1) is 11.6 Å². The highest BCUT2D eigenvalue weighted by Crippen LogP contribution is 2.18. The molecule has 0 aliphatic carbocycles. The fourth-order valence-electron chi connectivity index (χ4n) is 1.55. The standard InChI is InChI=1S/C14H15ClN2O2/c1-9(2)12-7-13(19-17-12)16-14(18)11-5-3-10(8-15)4-6-11/h3-7,9H,8H2,1-2H3,(H,16,18). The molecule has 0 unspecified atom stereocenters. The third kappa shape index (κ3) is 3.35. The van der Waals surface area contributed by atoms with Crippen molar-refractivity contribution < 1.29 is 9.32 Å². The molecule has 5 heteroatoms. The lowest BCUT2D eigenvalue weighted by Gasteiger charge is -2.02. The number of amides is 1. The Labute approximate surface area is 116 Å². The summed E-state index contributed by atoms with van der Waals surface area (Å²) < 4.78 is 5.06. The molecule has 1 amide bonds. The van der Waals surface area contributed by atoms with Crippen molar-refractivity contribution in [3.63, 3.8) is 0 Å². The van der Waals surface area contributed by atoms with E-state index in [1.807, 2.05) is 26.0 Å². The molecule has 0 atom stereocenters. The van der Waals surface area contributed by atoms with Crippen LogP contribution in [-0.2, 0) is 5.88 Å². The SMILES string of the molecule is CC(C)c1cc(NC(=O)c2ccc(CCl)cc2)on1. The molecule has 4 nitrogen and oxygen atoms in total. The Kier molecular flexibility index (Phi) is 4.22. The molecule has 0 fully saturated rings. The molecule has 0 bridgehead atoms. The average Bonchev–Trinajstić information content (AvgIpc) is 2.87. The topological polar surface area (TPSA) is 55.1 Å². The Morgan fingerprint density at radius 1 is 1.37 bits per heavy atom. The van der Waals surface area contributed by atoms with Crippen LogP contribution in [0, 0.1) is 0 Å². The molecule has 0 radical (unpaired) electrons. The number of nitrogens with zero attached hydrogens (tertiary/aromatic N) is 1. The Balaban J connectivity index is 2.06. The van der Waals surface area contributed by atoms with Crippen molar-refractivity contribution in [1.29, 1.82) is 0 Å². The number of anilines is 1. The van der Waals surface area contributed by atoms with E-state index in [-0.39, 0.29) is 11.8 Å². The van der Waals surface area contributed by atoms with Gasteiger partial charge in [-0.3, -0.25) is 10.1 Å². The molecule has 19 heavy (non-hydrogen) atoms. The highest BCUT2D eigenvalue weighted by molar-refractivity contribution is 6.17. The molecule has 1 N–H and O–H groups in total. The maximum Gasteiger partial charge on any atom is 0.258 e. The van der Waals surface area contributed by atoms with Crippen LogP contribution in [0.4, 0.5) is 5.88 Å².